The first-order chi connectivity index (χ1) is 9.16. The van der Waals surface area contributed by atoms with Gasteiger partial charge in [0.25, 0.3) is 0 Å². The highest BCUT2D eigenvalue weighted by Gasteiger charge is 2.30. The van der Waals surface area contributed by atoms with Crippen LogP contribution in [0.25, 0.3) is 10.8 Å². The van der Waals surface area contributed by atoms with E-state index in [-0.39, 0.29) is 5.54 Å². The van der Waals surface area contributed by atoms with Gasteiger partial charge in [-0.15, -0.1) is 0 Å². The molecule has 2 N–H and O–H groups in total. The van der Waals surface area contributed by atoms with Crippen LogP contribution in [0.5, 0.6) is 0 Å². The fraction of sp³-hybridized carbons (Fsp3) is 0.444. The number of hydrogen-bond donors (Lipinski definition) is 1. The van der Waals surface area contributed by atoms with Gasteiger partial charge in [0, 0.05) is 5.54 Å². The van der Waals surface area contributed by atoms with Crippen molar-refractivity contribution in [3.8, 4) is 0 Å². The first-order valence-corrected chi connectivity index (χ1v) is 7.42. The lowest BCUT2D eigenvalue weighted by molar-refractivity contribution is 0.244. The topological polar surface area (TPSA) is 26.0 Å². The summed E-state index contributed by atoms with van der Waals surface area (Å²) in [5.74, 6) is 0.851. The summed E-state index contributed by atoms with van der Waals surface area (Å²) in [6, 6.07) is 15.2. The van der Waals surface area contributed by atoms with Crippen LogP contribution in [0, 0.1) is 5.92 Å². The van der Waals surface area contributed by atoms with Crippen molar-refractivity contribution in [1.29, 1.82) is 0 Å². The van der Waals surface area contributed by atoms with Crippen LogP contribution in [0.4, 0.5) is 0 Å². The molecule has 1 nitrogen and oxygen atoms in total. The van der Waals surface area contributed by atoms with E-state index in [2.05, 4.69) is 49.4 Å². The standard InChI is InChI=1S/C18H23N/c1-14-9-11-18(19,12-10-14)13-16-7-4-6-15-5-2-3-8-17(15)16/h2-8,14H,9-13,19H2,1H3. The van der Waals surface area contributed by atoms with Crippen LogP contribution in [0.1, 0.15) is 38.2 Å². The Morgan fingerprint density at radius 2 is 1.74 bits per heavy atom. The molecule has 2 aromatic rings. The molecule has 19 heavy (non-hydrogen) atoms. The molecule has 0 atom stereocenters. The summed E-state index contributed by atoms with van der Waals surface area (Å²) in [6.45, 7) is 2.34. The lowest BCUT2D eigenvalue weighted by Crippen LogP contribution is -2.45. The van der Waals surface area contributed by atoms with E-state index in [0.717, 1.165) is 25.2 Å². The van der Waals surface area contributed by atoms with Crippen molar-refractivity contribution >= 4 is 10.8 Å². The third-order valence-corrected chi connectivity index (χ3v) is 4.69. The van der Waals surface area contributed by atoms with Crippen molar-refractivity contribution < 1.29 is 0 Å². The van der Waals surface area contributed by atoms with Gasteiger partial charge in [0.05, 0.1) is 0 Å². The maximum absolute atomic E-state index is 6.64. The van der Waals surface area contributed by atoms with Crippen LogP contribution in [0.2, 0.25) is 0 Å². The minimum Gasteiger partial charge on any atom is -0.325 e. The van der Waals surface area contributed by atoms with E-state index < -0.39 is 0 Å². The molecule has 0 aliphatic heterocycles. The molecule has 1 saturated carbocycles. The van der Waals surface area contributed by atoms with Gasteiger partial charge in [-0.1, -0.05) is 49.4 Å². The Labute approximate surface area is 115 Å². The minimum absolute atomic E-state index is 0.0106. The van der Waals surface area contributed by atoms with Crippen molar-refractivity contribution in [3.05, 3.63) is 48.0 Å². The molecule has 1 heteroatoms. The molecule has 0 radical (unpaired) electrons. The monoisotopic (exact) mass is 253 g/mol. The molecule has 0 bridgehead atoms. The van der Waals surface area contributed by atoms with E-state index in [1.165, 1.54) is 29.2 Å². The minimum atomic E-state index is 0.0106. The Balaban J connectivity index is 1.89. The molecule has 0 amide bonds. The average molecular weight is 253 g/mol. The second kappa shape index (κ2) is 4.97. The third-order valence-electron chi connectivity index (χ3n) is 4.69. The molecule has 0 unspecified atom stereocenters. The van der Waals surface area contributed by atoms with E-state index >= 15 is 0 Å². The molecule has 3 rings (SSSR count). The molecule has 1 aliphatic carbocycles. The Kier molecular flexibility index (Phi) is 3.32. The van der Waals surface area contributed by atoms with Gasteiger partial charge in [-0.3, -0.25) is 0 Å². The maximum Gasteiger partial charge on any atom is 0.0195 e. The van der Waals surface area contributed by atoms with Gasteiger partial charge >= 0.3 is 0 Å². The molecular formula is C18H23N. The van der Waals surface area contributed by atoms with E-state index in [9.17, 15) is 0 Å². The molecule has 0 spiro atoms. The zero-order valence-corrected chi connectivity index (χ0v) is 11.7. The van der Waals surface area contributed by atoms with E-state index in [0.29, 0.717) is 0 Å². The molecule has 0 heterocycles. The highest BCUT2D eigenvalue weighted by molar-refractivity contribution is 5.85. The van der Waals surface area contributed by atoms with Gasteiger partial charge in [-0.25, -0.2) is 0 Å². The summed E-state index contributed by atoms with van der Waals surface area (Å²) in [5, 5.41) is 2.70. The molecule has 100 valence electrons. The van der Waals surface area contributed by atoms with Gasteiger partial charge in [0.1, 0.15) is 0 Å². The number of nitrogens with two attached hydrogens (primary N) is 1. The first kappa shape index (κ1) is 12.7. The number of benzene rings is 2. The van der Waals surface area contributed by atoms with Crippen molar-refractivity contribution in [3.63, 3.8) is 0 Å². The van der Waals surface area contributed by atoms with Crippen LogP contribution in [-0.4, -0.2) is 5.54 Å². The van der Waals surface area contributed by atoms with Crippen LogP contribution in [0.3, 0.4) is 0 Å². The molecule has 2 aromatic carbocycles. The van der Waals surface area contributed by atoms with Crippen LogP contribution in [0.15, 0.2) is 42.5 Å². The van der Waals surface area contributed by atoms with E-state index in [1.54, 1.807) is 0 Å². The lowest BCUT2D eigenvalue weighted by atomic mass is 9.74. The SMILES string of the molecule is CC1CCC(N)(Cc2cccc3ccccc23)CC1. The molecule has 0 saturated heterocycles. The van der Waals surface area contributed by atoms with Crippen molar-refractivity contribution in [2.45, 2.75) is 44.6 Å². The summed E-state index contributed by atoms with van der Waals surface area (Å²) in [4.78, 5) is 0. The largest absolute Gasteiger partial charge is 0.325 e. The number of rotatable bonds is 2. The predicted octanol–water partition coefficient (Wildman–Crippen LogP) is 4.29. The maximum atomic E-state index is 6.64. The van der Waals surface area contributed by atoms with Crippen LogP contribution >= 0.6 is 0 Å². The lowest BCUT2D eigenvalue weighted by Gasteiger charge is -2.36. The fourth-order valence-corrected chi connectivity index (χ4v) is 3.34. The van der Waals surface area contributed by atoms with Gasteiger partial charge in [-0.05, 0) is 54.4 Å². The summed E-state index contributed by atoms with van der Waals surface area (Å²) in [7, 11) is 0. The second-order valence-corrected chi connectivity index (χ2v) is 6.36. The summed E-state index contributed by atoms with van der Waals surface area (Å²) >= 11 is 0. The van der Waals surface area contributed by atoms with Crippen molar-refractivity contribution in [2.75, 3.05) is 0 Å². The Morgan fingerprint density at radius 3 is 2.53 bits per heavy atom. The summed E-state index contributed by atoms with van der Waals surface area (Å²) in [6.07, 6.45) is 5.90. The highest BCUT2D eigenvalue weighted by Crippen LogP contribution is 2.33. The van der Waals surface area contributed by atoms with Crippen LogP contribution < -0.4 is 5.73 Å². The van der Waals surface area contributed by atoms with Gasteiger partial charge in [-0.2, -0.15) is 0 Å². The zero-order valence-electron chi connectivity index (χ0n) is 11.7. The first-order valence-electron chi connectivity index (χ1n) is 7.42. The third kappa shape index (κ3) is 2.66. The molecule has 1 aliphatic rings. The second-order valence-electron chi connectivity index (χ2n) is 6.36. The Morgan fingerprint density at radius 1 is 1.05 bits per heavy atom. The van der Waals surface area contributed by atoms with Gasteiger partial charge < -0.3 is 5.73 Å². The summed E-state index contributed by atoms with van der Waals surface area (Å²) < 4.78 is 0. The quantitative estimate of drug-likeness (QED) is 0.849. The molecule has 1 fully saturated rings. The molecular weight excluding hydrogens is 230 g/mol. The van der Waals surface area contributed by atoms with Crippen LogP contribution in [-0.2, 0) is 6.42 Å². The van der Waals surface area contributed by atoms with Gasteiger partial charge in [0.2, 0.25) is 0 Å². The van der Waals surface area contributed by atoms with Crippen molar-refractivity contribution in [2.24, 2.45) is 11.7 Å². The molecule has 0 aromatic heterocycles. The highest BCUT2D eigenvalue weighted by atomic mass is 14.7. The van der Waals surface area contributed by atoms with E-state index in [1.807, 2.05) is 0 Å². The number of hydrogen-bond acceptors (Lipinski definition) is 1. The Bertz CT molecular complexity index is 559. The predicted molar refractivity (Wildman–Crippen MR) is 82.2 cm³/mol. The number of fused-ring (bicyclic) bond motifs is 1. The Hall–Kier alpha value is -1.34. The van der Waals surface area contributed by atoms with E-state index in [4.69, 9.17) is 5.73 Å². The zero-order chi connectivity index (χ0) is 13.3. The van der Waals surface area contributed by atoms with Crippen molar-refractivity contribution in [1.82, 2.24) is 0 Å². The summed E-state index contributed by atoms with van der Waals surface area (Å²) in [5.41, 5.74) is 8.07. The fourth-order valence-electron chi connectivity index (χ4n) is 3.34. The normalized spacial score (nSPS) is 27.6. The average Bonchev–Trinajstić information content (AvgIpc) is 2.43. The smallest absolute Gasteiger partial charge is 0.0195 e. The van der Waals surface area contributed by atoms with Gasteiger partial charge in [0.15, 0.2) is 0 Å².